The van der Waals surface area contributed by atoms with Gasteiger partial charge in [-0.25, -0.2) is 32.9 Å². The number of halogens is 4. The molecular weight excluding hydrogens is 437 g/mol. The molecule has 12 heteroatoms. The summed E-state index contributed by atoms with van der Waals surface area (Å²) >= 11 is 5.33. The molecule has 2 aliphatic heterocycles. The van der Waals surface area contributed by atoms with E-state index in [1.165, 1.54) is 23.4 Å². The normalized spacial score (nSPS) is 18.6. The van der Waals surface area contributed by atoms with Crippen LogP contribution in [-0.4, -0.2) is 63.5 Å². The zero-order valence-corrected chi connectivity index (χ0v) is 16.8. The second-order valence-electron chi connectivity index (χ2n) is 6.99. The Morgan fingerprint density at radius 1 is 1.03 bits per heavy atom. The van der Waals surface area contributed by atoms with E-state index in [4.69, 9.17) is 11.6 Å². The van der Waals surface area contributed by atoms with Gasteiger partial charge in [0.15, 0.2) is 11.5 Å². The van der Waals surface area contributed by atoms with Crippen molar-refractivity contribution in [3.05, 3.63) is 53.1 Å². The number of carbonyl (C=O) groups is 2. The van der Waals surface area contributed by atoms with Crippen LogP contribution in [0.15, 0.2) is 29.5 Å². The Labute approximate surface area is 179 Å². The minimum atomic E-state index is -1.03. The third-order valence-electron chi connectivity index (χ3n) is 5.05. The number of hydrogen-bond donors (Lipinski definition) is 0. The number of aromatic nitrogens is 2. The molecule has 0 N–H and O–H groups in total. The average molecular weight is 453 g/mol. The molecule has 0 aliphatic carbocycles. The Hall–Kier alpha value is -3.21. The summed E-state index contributed by atoms with van der Waals surface area (Å²) in [5.41, 5.74) is -0.193. The first-order chi connectivity index (χ1) is 14.8. The molecule has 1 aromatic heterocycles. The Bertz CT molecular complexity index is 1040. The van der Waals surface area contributed by atoms with Crippen molar-refractivity contribution in [1.29, 1.82) is 0 Å². The van der Waals surface area contributed by atoms with E-state index in [2.05, 4.69) is 15.1 Å². The summed E-state index contributed by atoms with van der Waals surface area (Å²) in [6.07, 6.45) is 2.74. The van der Waals surface area contributed by atoms with Crippen molar-refractivity contribution in [1.82, 2.24) is 19.9 Å². The minimum absolute atomic E-state index is 0.129. The SMILES string of the molecule is O=C(Cl)c1nc(N2CCN(C(=O)N3N=CCC3c3cc(F)cc(F)c3)CC2)ncc1F. The Morgan fingerprint density at radius 2 is 1.71 bits per heavy atom. The van der Waals surface area contributed by atoms with E-state index in [1.807, 2.05) is 0 Å². The molecule has 2 amide bonds. The first kappa shape index (κ1) is 21.0. The molecule has 1 aromatic carbocycles. The number of amides is 2. The van der Waals surface area contributed by atoms with Gasteiger partial charge < -0.3 is 9.80 Å². The van der Waals surface area contributed by atoms with Gasteiger partial charge in [0.25, 0.3) is 5.24 Å². The van der Waals surface area contributed by atoms with E-state index < -0.39 is 40.5 Å². The first-order valence-corrected chi connectivity index (χ1v) is 9.75. The number of anilines is 1. The second-order valence-corrected chi connectivity index (χ2v) is 7.34. The summed E-state index contributed by atoms with van der Waals surface area (Å²) in [7, 11) is 0. The van der Waals surface area contributed by atoms with E-state index in [0.29, 0.717) is 25.1 Å². The van der Waals surface area contributed by atoms with Crippen molar-refractivity contribution >= 4 is 35.0 Å². The monoisotopic (exact) mass is 452 g/mol. The lowest BCUT2D eigenvalue weighted by Gasteiger charge is -2.37. The number of urea groups is 1. The van der Waals surface area contributed by atoms with E-state index >= 15 is 0 Å². The Morgan fingerprint density at radius 3 is 2.35 bits per heavy atom. The van der Waals surface area contributed by atoms with E-state index in [9.17, 15) is 22.8 Å². The highest BCUT2D eigenvalue weighted by Gasteiger charge is 2.34. The summed E-state index contributed by atoms with van der Waals surface area (Å²) in [5, 5.41) is 4.27. The summed E-state index contributed by atoms with van der Waals surface area (Å²) in [6, 6.07) is 2.13. The van der Waals surface area contributed by atoms with Gasteiger partial charge in [0, 0.05) is 44.9 Å². The molecule has 1 unspecified atom stereocenters. The van der Waals surface area contributed by atoms with Crippen molar-refractivity contribution in [3.63, 3.8) is 0 Å². The van der Waals surface area contributed by atoms with Gasteiger partial charge in [-0.15, -0.1) is 0 Å². The topological polar surface area (TPSA) is 82.0 Å². The third-order valence-corrected chi connectivity index (χ3v) is 5.23. The van der Waals surface area contributed by atoms with Crippen molar-refractivity contribution < 1.29 is 22.8 Å². The van der Waals surface area contributed by atoms with Crippen LogP contribution in [0.1, 0.15) is 28.5 Å². The number of piperazine rings is 1. The van der Waals surface area contributed by atoms with Crippen LogP contribution in [-0.2, 0) is 0 Å². The van der Waals surface area contributed by atoms with Crippen LogP contribution in [0.25, 0.3) is 0 Å². The van der Waals surface area contributed by atoms with Gasteiger partial charge in [0.2, 0.25) is 5.95 Å². The van der Waals surface area contributed by atoms with Gasteiger partial charge in [-0.05, 0) is 29.3 Å². The Balaban J connectivity index is 1.44. The average Bonchev–Trinajstić information content (AvgIpc) is 3.23. The summed E-state index contributed by atoms with van der Waals surface area (Å²) in [6.45, 7) is 1.20. The van der Waals surface area contributed by atoms with Crippen molar-refractivity contribution in [2.24, 2.45) is 5.10 Å². The molecule has 1 atom stereocenters. The Kier molecular flexibility index (Phi) is 5.77. The van der Waals surface area contributed by atoms with Crippen molar-refractivity contribution in [3.8, 4) is 0 Å². The number of nitrogens with zero attached hydrogens (tertiary/aromatic N) is 6. The molecule has 1 fully saturated rings. The van der Waals surface area contributed by atoms with Crippen LogP contribution < -0.4 is 4.90 Å². The molecule has 8 nitrogen and oxygen atoms in total. The summed E-state index contributed by atoms with van der Waals surface area (Å²) in [5.74, 6) is -2.23. The number of benzene rings is 1. The fraction of sp³-hybridized carbons (Fsp3) is 0.316. The zero-order chi connectivity index (χ0) is 22.1. The highest BCUT2D eigenvalue weighted by molar-refractivity contribution is 6.67. The van der Waals surface area contributed by atoms with Gasteiger partial charge in [0.05, 0.1) is 12.2 Å². The molecule has 3 heterocycles. The molecule has 0 saturated carbocycles. The molecule has 2 aliphatic rings. The maximum Gasteiger partial charge on any atom is 0.341 e. The van der Waals surface area contributed by atoms with Gasteiger partial charge in [-0.3, -0.25) is 4.79 Å². The third kappa shape index (κ3) is 4.31. The number of hydrazone groups is 1. The molecule has 0 spiro atoms. The molecular formula is C19H16ClF3N6O2. The highest BCUT2D eigenvalue weighted by Crippen LogP contribution is 2.30. The van der Waals surface area contributed by atoms with Crippen LogP contribution in [0.2, 0.25) is 0 Å². The van der Waals surface area contributed by atoms with E-state index in [0.717, 1.165) is 12.3 Å². The van der Waals surface area contributed by atoms with Gasteiger partial charge in [0.1, 0.15) is 11.6 Å². The van der Waals surface area contributed by atoms with Crippen LogP contribution in [0.3, 0.4) is 0 Å². The summed E-state index contributed by atoms with van der Waals surface area (Å²) < 4.78 is 40.8. The molecule has 0 radical (unpaired) electrons. The molecule has 2 aromatic rings. The molecule has 0 bridgehead atoms. The van der Waals surface area contributed by atoms with Gasteiger partial charge in [-0.1, -0.05) is 0 Å². The van der Waals surface area contributed by atoms with Crippen molar-refractivity contribution in [2.45, 2.75) is 12.5 Å². The lowest BCUT2D eigenvalue weighted by molar-refractivity contribution is 0.107. The van der Waals surface area contributed by atoms with Gasteiger partial charge >= 0.3 is 6.03 Å². The standard InChI is InChI=1S/C19H16ClF3N6O2/c20-17(30)16-14(23)10-24-18(26-16)27-3-5-28(6-4-27)19(31)29-15(1-2-25-29)11-7-12(21)9-13(22)8-11/h2,7-10,15H,1,3-6H2. The number of rotatable bonds is 3. The maximum atomic E-state index is 13.6. The smallest absolute Gasteiger partial charge is 0.337 e. The first-order valence-electron chi connectivity index (χ1n) is 9.37. The highest BCUT2D eigenvalue weighted by atomic mass is 35.5. The lowest BCUT2D eigenvalue weighted by Crippen LogP contribution is -2.52. The second kappa shape index (κ2) is 8.50. The molecule has 162 valence electrons. The molecule has 4 rings (SSSR count). The van der Waals surface area contributed by atoms with Crippen LogP contribution >= 0.6 is 11.6 Å². The number of carbonyl (C=O) groups excluding carboxylic acids is 2. The predicted molar refractivity (Wildman–Crippen MR) is 105 cm³/mol. The predicted octanol–water partition coefficient (Wildman–Crippen LogP) is 2.95. The van der Waals surface area contributed by atoms with E-state index in [1.54, 1.807) is 9.80 Å². The fourth-order valence-corrected chi connectivity index (χ4v) is 3.67. The van der Waals surface area contributed by atoms with Crippen LogP contribution in [0, 0.1) is 17.5 Å². The quantitative estimate of drug-likeness (QED) is 0.669. The zero-order valence-electron chi connectivity index (χ0n) is 16.0. The maximum absolute atomic E-state index is 13.6. The fourth-order valence-electron chi connectivity index (χ4n) is 3.53. The number of hydrogen-bond acceptors (Lipinski definition) is 6. The molecule has 1 saturated heterocycles. The van der Waals surface area contributed by atoms with Crippen LogP contribution in [0.4, 0.5) is 23.9 Å². The van der Waals surface area contributed by atoms with Gasteiger partial charge in [-0.2, -0.15) is 5.10 Å². The largest absolute Gasteiger partial charge is 0.341 e. The minimum Gasteiger partial charge on any atom is -0.337 e. The van der Waals surface area contributed by atoms with Crippen molar-refractivity contribution in [2.75, 3.05) is 31.1 Å². The summed E-state index contributed by atoms with van der Waals surface area (Å²) in [4.78, 5) is 35.2. The van der Waals surface area contributed by atoms with E-state index in [-0.39, 0.29) is 19.0 Å². The van der Waals surface area contributed by atoms with Crippen LogP contribution in [0.5, 0.6) is 0 Å². The lowest BCUT2D eigenvalue weighted by atomic mass is 10.0. The molecule has 31 heavy (non-hydrogen) atoms.